The fraction of sp³-hybridized carbons (Fsp3) is 0.500. The lowest BCUT2D eigenvalue weighted by Gasteiger charge is -2.11. The summed E-state index contributed by atoms with van der Waals surface area (Å²) in [5.74, 6) is 0.212. The van der Waals surface area contributed by atoms with Gasteiger partial charge in [0.25, 0.3) is 0 Å². The van der Waals surface area contributed by atoms with Gasteiger partial charge in [0.05, 0.1) is 5.69 Å². The van der Waals surface area contributed by atoms with Gasteiger partial charge in [-0.25, -0.2) is 4.98 Å². The van der Waals surface area contributed by atoms with E-state index in [2.05, 4.69) is 26.3 Å². The fourth-order valence-electron chi connectivity index (χ4n) is 1.01. The average molecular weight is 248 g/mol. The van der Waals surface area contributed by atoms with Gasteiger partial charge in [-0.2, -0.15) is 4.98 Å². The summed E-state index contributed by atoms with van der Waals surface area (Å²) in [5, 5.41) is 0. The molecule has 0 unspecified atom stereocenters. The molecule has 0 saturated carbocycles. The molecule has 0 radical (unpaired) electrons. The molecule has 84 valence electrons. The maximum Gasteiger partial charge on any atom is 0.377 e. The van der Waals surface area contributed by atoms with Crippen molar-refractivity contribution in [2.24, 2.45) is 0 Å². The van der Waals surface area contributed by atoms with Crippen molar-refractivity contribution in [1.82, 2.24) is 9.97 Å². The van der Waals surface area contributed by atoms with Crippen LogP contribution in [0.1, 0.15) is 31.2 Å². The first kappa shape index (κ1) is 12.5. The topological polar surface area (TPSA) is 75.5 Å². The van der Waals surface area contributed by atoms with Crippen LogP contribution in [-0.4, -0.2) is 19.8 Å². The van der Waals surface area contributed by atoms with E-state index in [4.69, 9.17) is 9.79 Å². The van der Waals surface area contributed by atoms with Crippen LogP contribution in [0.15, 0.2) is 6.07 Å². The monoisotopic (exact) mass is 248 g/mol. The van der Waals surface area contributed by atoms with Gasteiger partial charge in [0, 0.05) is 17.5 Å². The summed E-state index contributed by atoms with van der Waals surface area (Å²) in [4.78, 5) is 25.9. The van der Waals surface area contributed by atoms with Gasteiger partial charge < -0.3 is 14.3 Å². The van der Waals surface area contributed by atoms with Crippen molar-refractivity contribution >= 4 is 18.5 Å². The van der Waals surface area contributed by atoms with Crippen LogP contribution in [0.2, 0.25) is 0 Å². The van der Waals surface area contributed by atoms with Crippen molar-refractivity contribution in [1.29, 1.82) is 0 Å². The van der Waals surface area contributed by atoms with E-state index in [1.807, 2.05) is 19.9 Å². The van der Waals surface area contributed by atoms with Crippen molar-refractivity contribution in [2.75, 3.05) is 0 Å². The van der Waals surface area contributed by atoms with Crippen LogP contribution in [0.3, 0.4) is 0 Å². The summed E-state index contributed by atoms with van der Waals surface area (Å²) in [6, 6.07) is 1.74. The van der Waals surface area contributed by atoms with Gasteiger partial charge in [-0.1, -0.05) is 13.8 Å². The van der Waals surface area contributed by atoms with Gasteiger partial charge >= 0.3 is 12.7 Å². The molecule has 1 heterocycles. The Hall–Kier alpha value is -0.550. The number of hydrogen-bond donors (Lipinski definition) is 2. The molecule has 5 nitrogen and oxygen atoms in total. The van der Waals surface area contributed by atoms with E-state index < -0.39 is 6.72 Å². The van der Waals surface area contributed by atoms with Gasteiger partial charge in [0.2, 0.25) is 0 Å². The fourth-order valence-corrected chi connectivity index (χ4v) is 1.50. The Kier molecular flexibility index (Phi) is 3.78. The predicted molar refractivity (Wildman–Crippen MR) is 60.2 cm³/mol. The quantitative estimate of drug-likeness (QED) is 0.789. The number of aromatic nitrogens is 2. The smallest absolute Gasteiger partial charge is 0.377 e. The molecule has 0 atom stereocenters. The van der Waals surface area contributed by atoms with Crippen molar-refractivity contribution in [3.05, 3.63) is 17.5 Å². The second kappa shape index (κ2) is 4.53. The molecule has 0 aliphatic heterocycles. The van der Waals surface area contributed by atoms with Crippen LogP contribution >= 0.6 is 6.72 Å². The standard InChI is InChI=1S/C8H13N2O3PS/c1-5(2)7-4-6(3)9-8(10-7)13-14(11,12)15/h4-5H,1-3H3,(H2,11,12,15). The van der Waals surface area contributed by atoms with E-state index in [0.717, 1.165) is 5.69 Å². The van der Waals surface area contributed by atoms with Crippen LogP contribution in [0.25, 0.3) is 0 Å². The summed E-state index contributed by atoms with van der Waals surface area (Å²) in [7, 11) is 0. The zero-order valence-electron chi connectivity index (χ0n) is 8.71. The van der Waals surface area contributed by atoms with E-state index in [9.17, 15) is 0 Å². The normalized spacial score (nSPS) is 11.9. The Balaban J connectivity index is 3.04. The van der Waals surface area contributed by atoms with Crippen LogP contribution in [0.5, 0.6) is 6.01 Å². The third-order valence-corrected chi connectivity index (χ3v) is 2.27. The molecule has 0 aliphatic rings. The molecule has 0 spiro atoms. The van der Waals surface area contributed by atoms with Gasteiger partial charge in [0.15, 0.2) is 0 Å². The van der Waals surface area contributed by atoms with Crippen molar-refractivity contribution in [2.45, 2.75) is 26.7 Å². The van der Waals surface area contributed by atoms with E-state index in [1.165, 1.54) is 0 Å². The van der Waals surface area contributed by atoms with Crippen LogP contribution < -0.4 is 4.52 Å². The largest absolute Gasteiger partial charge is 0.389 e. The third-order valence-electron chi connectivity index (χ3n) is 1.65. The maximum atomic E-state index is 8.97. The Morgan fingerprint density at radius 3 is 2.47 bits per heavy atom. The highest BCUT2D eigenvalue weighted by atomic mass is 32.5. The molecule has 1 rings (SSSR count). The lowest BCUT2D eigenvalue weighted by Crippen LogP contribution is -2.01. The number of aryl methyl sites for hydroxylation is 1. The maximum absolute atomic E-state index is 8.97. The van der Waals surface area contributed by atoms with E-state index >= 15 is 0 Å². The van der Waals surface area contributed by atoms with Crippen molar-refractivity contribution in [3.8, 4) is 6.01 Å². The zero-order chi connectivity index (χ0) is 11.6. The Labute approximate surface area is 93.4 Å². The highest BCUT2D eigenvalue weighted by molar-refractivity contribution is 8.06. The van der Waals surface area contributed by atoms with E-state index in [-0.39, 0.29) is 11.9 Å². The minimum atomic E-state index is -3.75. The number of rotatable bonds is 3. The summed E-state index contributed by atoms with van der Waals surface area (Å²) in [5.41, 5.74) is 1.48. The summed E-state index contributed by atoms with van der Waals surface area (Å²) >= 11 is 4.34. The summed E-state index contributed by atoms with van der Waals surface area (Å²) in [6.07, 6.45) is 0. The van der Waals surface area contributed by atoms with Crippen molar-refractivity contribution in [3.63, 3.8) is 0 Å². The molecule has 0 amide bonds. The highest BCUT2D eigenvalue weighted by Crippen LogP contribution is 2.36. The SMILES string of the molecule is Cc1cc(C(C)C)nc(OP(O)(O)=S)n1. The molecule has 0 bridgehead atoms. The Morgan fingerprint density at radius 1 is 1.40 bits per heavy atom. The molecular formula is C8H13N2O3PS. The third kappa shape index (κ3) is 4.22. The molecule has 7 heteroatoms. The molecule has 1 aromatic rings. The van der Waals surface area contributed by atoms with Gasteiger partial charge in [-0.15, -0.1) is 0 Å². The second-order valence-electron chi connectivity index (χ2n) is 3.45. The van der Waals surface area contributed by atoms with Gasteiger partial charge in [-0.05, 0) is 18.9 Å². The first-order valence-corrected chi connectivity index (χ1v) is 7.01. The second-order valence-corrected chi connectivity index (χ2v) is 6.04. The van der Waals surface area contributed by atoms with Gasteiger partial charge in [-0.3, -0.25) is 0 Å². The molecule has 1 aromatic heterocycles. The lowest BCUT2D eigenvalue weighted by molar-refractivity contribution is 0.356. The summed E-state index contributed by atoms with van der Waals surface area (Å²) in [6.45, 7) is 1.97. The van der Waals surface area contributed by atoms with Crippen LogP contribution in [0.4, 0.5) is 0 Å². The first-order valence-electron chi connectivity index (χ1n) is 4.38. The number of hydrogen-bond acceptors (Lipinski definition) is 4. The van der Waals surface area contributed by atoms with E-state index in [0.29, 0.717) is 5.69 Å². The summed E-state index contributed by atoms with van der Waals surface area (Å²) < 4.78 is 4.69. The average Bonchev–Trinajstić information content (AvgIpc) is 1.99. The minimum Gasteiger partial charge on any atom is -0.389 e. The molecule has 0 aromatic carbocycles. The molecule has 0 saturated heterocycles. The van der Waals surface area contributed by atoms with Gasteiger partial charge in [0.1, 0.15) is 0 Å². The van der Waals surface area contributed by atoms with Crippen LogP contribution in [-0.2, 0) is 11.8 Å². The number of nitrogens with zero attached hydrogens (tertiary/aromatic N) is 2. The molecular weight excluding hydrogens is 235 g/mol. The Morgan fingerprint density at radius 2 is 2.00 bits per heavy atom. The molecule has 0 aliphatic carbocycles. The van der Waals surface area contributed by atoms with E-state index in [1.54, 1.807) is 6.92 Å². The minimum absolute atomic E-state index is 0.0768. The molecule has 0 fully saturated rings. The lowest BCUT2D eigenvalue weighted by atomic mass is 10.1. The zero-order valence-corrected chi connectivity index (χ0v) is 10.4. The first-order chi connectivity index (χ1) is 6.78. The van der Waals surface area contributed by atoms with Crippen molar-refractivity contribution < 1.29 is 14.3 Å². The Bertz CT molecular complexity index is 405. The highest BCUT2D eigenvalue weighted by Gasteiger charge is 2.14. The molecule has 15 heavy (non-hydrogen) atoms. The van der Waals surface area contributed by atoms with Crippen LogP contribution in [0, 0.1) is 6.92 Å². The molecule has 2 N–H and O–H groups in total. The predicted octanol–water partition coefficient (Wildman–Crippen LogP) is 1.50.